The van der Waals surface area contributed by atoms with Crippen molar-refractivity contribution in [1.29, 1.82) is 0 Å². The van der Waals surface area contributed by atoms with Gasteiger partial charge in [0, 0.05) is 31.0 Å². The zero-order chi connectivity index (χ0) is 15.0. The van der Waals surface area contributed by atoms with Gasteiger partial charge < -0.3 is 4.52 Å². The van der Waals surface area contributed by atoms with Crippen LogP contribution in [0.25, 0.3) is 11.4 Å². The molecule has 1 unspecified atom stereocenters. The number of hydrogen-bond acceptors (Lipinski definition) is 5. The lowest BCUT2D eigenvalue weighted by atomic mass is 9.94. The van der Waals surface area contributed by atoms with E-state index in [2.05, 4.69) is 20.0 Å². The number of aromatic nitrogens is 3. The highest BCUT2D eigenvalue weighted by atomic mass is 19.1. The lowest BCUT2D eigenvalue weighted by Crippen LogP contribution is -2.44. The highest BCUT2D eigenvalue weighted by Gasteiger charge is 2.43. The molecule has 1 aliphatic heterocycles. The van der Waals surface area contributed by atoms with Gasteiger partial charge in [0.15, 0.2) is 0 Å². The summed E-state index contributed by atoms with van der Waals surface area (Å²) in [6.07, 6.45) is 7.16. The second kappa shape index (κ2) is 5.43. The van der Waals surface area contributed by atoms with Gasteiger partial charge in [-0.3, -0.25) is 9.88 Å². The summed E-state index contributed by atoms with van der Waals surface area (Å²) in [6.45, 7) is 2.33. The first-order chi connectivity index (χ1) is 10.7. The predicted molar refractivity (Wildman–Crippen MR) is 78.7 cm³/mol. The van der Waals surface area contributed by atoms with Crippen LogP contribution in [0.15, 0.2) is 29.0 Å². The third kappa shape index (κ3) is 2.75. The zero-order valence-corrected chi connectivity index (χ0v) is 12.4. The van der Waals surface area contributed by atoms with Gasteiger partial charge in [0.2, 0.25) is 11.5 Å². The predicted octanol–water partition coefficient (Wildman–Crippen LogP) is 2.80. The third-order valence-electron chi connectivity index (χ3n) is 4.48. The summed E-state index contributed by atoms with van der Waals surface area (Å²) in [5.41, 5.74) is -0.731. The largest absolute Gasteiger partial charge is 0.335 e. The number of hydrogen-bond donors (Lipinski definition) is 0. The van der Waals surface area contributed by atoms with E-state index < -0.39 is 5.67 Å². The van der Waals surface area contributed by atoms with Crippen LogP contribution in [0.1, 0.15) is 31.6 Å². The molecule has 0 amide bonds. The van der Waals surface area contributed by atoms with Crippen molar-refractivity contribution in [2.24, 2.45) is 5.92 Å². The maximum absolute atomic E-state index is 15.3. The quantitative estimate of drug-likeness (QED) is 0.869. The number of halogens is 1. The van der Waals surface area contributed by atoms with Gasteiger partial charge in [-0.15, -0.1) is 0 Å². The summed E-state index contributed by atoms with van der Waals surface area (Å²) in [5, 5.41) is 3.93. The fraction of sp³-hybridized carbons (Fsp3) is 0.562. The Kier molecular flexibility index (Phi) is 3.41. The second-order valence-corrected chi connectivity index (χ2v) is 6.41. The van der Waals surface area contributed by atoms with Crippen molar-refractivity contribution in [3.05, 3.63) is 30.4 Å². The van der Waals surface area contributed by atoms with E-state index >= 15 is 4.39 Å². The average Bonchev–Trinajstić information content (AvgIpc) is 3.19. The molecule has 0 N–H and O–H groups in total. The van der Waals surface area contributed by atoms with Crippen molar-refractivity contribution in [1.82, 2.24) is 20.0 Å². The van der Waals surface area contributed by atoms with Gasteiger partial charge in [-0.1, -0.05) is 5.16 Å². The van der Waals surface area contributed by atoms with E-state index in [0.29, 0.717) is 18.8 Å². The average molecular weight is 302 g/mol. The molecule has 0 radical (unpaired) electrons. The van der Waals surface area contributed by atoms with Gasteiger partial charge in [-0.25, -0.2) is 4.39 Å². The Hall–Kier alpha value is -1.82. The normalized spacial score (nSPS) is 26.2. The van der Waals surface area contributed by atoms with E-state index in [4.69, 9.17) is 4.52 Å². The van der Waals surface area contributed by atoms with Crippen LogP contribution in [0.4, 0.5) is 4.39 Å². The highest BCUT2D eigenvalue weighted by Crippen LogP contribution is 2.37. The van der Waals surface area contributed by atoms with Crippen LogP contribution >= 0.6 is 0 Å². The van der Waals surface area contributed by atoms with Crippen LogP contribution in [0.3, 0.4) is 0 Å². The number of likely N-dealkylation sites (tertiary alicyclic amines) is 1. The molecule has 0 bridgehead atoms. The van der Waals surface area contributed by atoms with Crippen LogP contribution in [0.5, 0.6) is 0 Å². The van der Waals surface area contributed by atoms with Crippen LogP contribution in [0, 0.1) is 5.92 Å². The van der Waals surface area contributed by atoms with Crippen molar-refractivity contribution in [2.75, 3.05) is 19.6 Å². The summed E-state index contributed by atoms with van der Waals surface area (Å²) in [4.78, 5) is 10.5. The number of piperidine rings is 1. The van der Waals surface area contributed by atoms with Crippen LogP contribution in [0.2, 0.25) is 0 Å². The molecule has 4 rings (SSSR count). The fourth-order valence-electron chi connectivity index (χ4n) is 3.12. The molecule has 6 heteroatoms. The van der Waals surface area contributed by atoms with Crippen molar-refractivity contribution >= 4 is 0 Å². The molecule has 2 fully saturated rings. The SMILES string of the molecule is FC1(c2nc(-c3ccncc3)no2)CCCN(CC2CC2)C1. The molecule has 3 heterocycles. The lowest BCUT2D eigenvalue weighted by Gasteiger charge is -2.35. The summed E-state index contributed by atoms with van der Waals surface area (Å²) >= 11 is 0. The minimum Gasteiger partial charge on any atom is -0.335 e. The van der Waals surface area contributed by atoms with E-state index in [1.165, 1.54) is 12.8 Å². The molecular weight excluding hydrogens is 283 g/mol. The lowest BCUT2D eigenvalue weighted by molar-refractivity contribution is 0.0140. The van der Waals surface area contributed by atoms with Crippen LogP contribution in [-0.2, 0) is 5.67 Å². The Morgan fingerprint density at radius 3 is 2.91 bits per heavy atom. The molecule has 0 spiro atoms. The van der Waals surface area contributed by atoms with E-state index in [0.717, 1.165) is 31.0 Å². The Bertz CT molecular complexity index is 643. The van der Waals surface area contributed by atoms with Crippen LogP contribution < -0.4 is 0 Å². The molecule has 5 nitrogen and oxygen atoms in total. The molecule has 0 aromatic carbocycles. The highest BCUT2D eigenvalue weighted by molar-refractivity contribution is 5.52. The molecule has 2 aliphatic rings. The Labute approximate surface area is 128 Å². The van der Waals surface area contributed by atoms with Gasteiger partial charge in [0.1, 0.15) is 0 Å². The van der Waals surface area contributed by atoms with Crippen molar-refractivity contribution in [2.45, 2.75) is 31.4 Å². The number of nitrogens with zero attached hydrogens (tertiary/aromatic N) is 4. The van der Waals surface area contributed by atoms with Gasteiger partial charge in [0.05, 0.1) is 0 Å². The second-order valence-electron chi connectivity index (χ2n) is 6.41. The molecule has 2 aromatic heterocycles. The molecule has 1 saturated heterocycles. The minimum absolute atomic E-state index is 0.111. The third-order valence-corrected chi connectivity index (χ3v) is 4.48. The minimum atomic E-state index is -1.52. The van der Waals surface area contributed by atoms with Crippen molar-refractivity contribution in [3.63, 3.8) is 0 Å². The summed E-state index contributed by atoms with van der Waals surface area (Å²) < 4.78 is 20.6. The molecular formula is C16H19FN4O. The van der Waals surface area contributed by atoms with Gasteiger partial charge >= 0.3 is 0 Å². The maximum atomic E-state index is 15.3. The first-order valence-electron chi connectivity index (χ1n) is 7.89. The maximum Gasteiger partial charge on any atom is 0.265 e. The zero-order valence-electron chi connectivity index (χ0n) is 12.4. The van der Waals surface area contributed by atoms with E-state index in [1.54, 1.807) is 24.5 Å². The Morgan fingerprint density at radius 2 is 2.14 bits per heavy atom. The molecule has 116 valence electrons. The molecule has 1 saturated carbocycles. The molecule has 22 heavy (non-hydrogen) atoms. The number of alkyl halides is 1. The number of rotatable bonds is 4. The van der Waals surface area contributed by atoms with Gasteiger partial charge in [-0.2, -0.15) is 4.98 Å². The van der Waals surface area contributed by atoms with E-state index in [-0.39, 0.29) is 5.89 Å². The monoisotopic (exact) mass is 302 g/mol. The first-order valence-corrected chi connectivity index (χ1v) is 7.89. The summed E-state index contributed by atoms with van der Waals surface area (Å²) in [5.74, 6) is 1.30. The fourth-order valence-corrected chi connectivity index (χ4v) is 3.12. The standard InChI is InChI=1S/C16H19FN4O/c17-16(6-1-9-21(11-16)10-12-2-3-12)15-19-14(20-22-15)13-4-7-18-8-5-13/h4-5,7-8,12H,1-3,6,9-11H2. The molecule has 1 atom stereocenters. The number of pyridine rings is 1. The molecule has 1 aliphatic carbocycles. The summed E-state index contributed by atoms with van der Waals surface area (Å²) in [7, 11) is 0. The Morgan fingerprint density at radius 1 is 1.32 bits per heavy atom. The smallest absolute Gasteiger partial charge is 0.265 e. The summed E-state index contributed by atoms with van der Waals surface area (Å²) in [6, 6.07) is 3.58. The van der Waals surface area contributed by atoms with Gasteiger partial charge in [0.25, 0.3) is 5.89 Å². The van der Waals surface area contributed by atoms with Gasteiger partial charge in [-0.05, 0) is 50.3 Å². The Balaban J connectivity index is 1.53. The first kappa shape index (κ1) is 13.8. The van der Waals surface area contributed by atoms with Crippen LogP contribution in [-0.4, -0.2) is 39.7 Å². The van der Waals surface area contributed by atoms with Crippen molar-refractivity contribution < 1.29 is 8.91 Å². The van der Waals surface area contributed by atoms with Crippen molar-refractivity contribution in [3.8, 4) is 11.4 Å². The molecule has 2 aromatic rings. The van der Waals surface area contributed by atoms with E-state index in [9.17, 15) is 0 Å². The topological polar surface area (TPSA) is 55.1 Å². The van der Waals surface area contributed by atoms with E-state index in [1.807, 2.05) is 0 Å².